The van der Waals surface area contributed by atoms with Gasteiger partial charge >= 0.3 is 0 Å². The monoisotopic (exact) mass is 354 g/mol. The van der Waals surface area contributed by atoms with E-state index in [9.17, 15) is 4.79 Å². The number of oxazole rings is 1. The van der Waals surface area contributed by atoms with Gasteiger partial charge in [0.15, 0.2) is 5.58 Å². The summed E-state index contributed by atoms with van der Waals surface area (Å²) < 4.78 is 5.67. The minimum atomic E-state index is -0.257. The maximum atomic E-state index is 12.4. The van der Waals surface area contributed by atoms with Gasteiger partial charge in [0.2, 0.25) is 5.91 Å². The third kappa shape index (κ3) is 4.86. The molecule has 0 aliphatic rings. The quantitative estimate of drug-likeness (QED) is 0.637. The molecule has 0 saturated carbocycles. The molecule has 5 heteroatoms. The lowest BCUT2D eigenvalue weighted by atomic mass is 10.1. The fourth-order valence-electron chi connectivity index (χ4n) is 2.57. The summed E-state index contributed by atoms with van der Waals surface area (Å²) in [4.78, 5) is 16.8. The Balaban J connectivity index is 1.49. The lowest BCUT2D eigenvalue weighted by molar-refractivity contribution is -0.120. The van der Waals surface area contributed by atoms with Crippen LogP contribution in [0, 0.1) is 0 Å². The first kappa shape index (κ1) is 17.5. The van der Waals surface area contributed by atoms with Crippen LogP contribution in [0.15, 0.2) is 64.2 Å². The minimum absolute atomic E-state index is 0.00724. The van der Waals surface area contributed by atoms with Gasteiger partial charge in [-0.2, -0.15) is 0 Å². The van der Waals surface area contributed by atoms with Gasteiger partial charge in [-0.1, -0.05) is 54.2 Å². The molecule has 3 rings (SSSR count). The summed E-state index contributed by atoms with van der Waals surface area (Å²) in [5.74, 6) is 0.00724. The molecule has 1 heterocycles. The maximum Gasteiger partial charge on any atom is 0.257 e. The molecule has 0 aliphatic carbocycles. The molecular weight excluding hydrogens is 332 g/mol. The molecule has 2 aromatic carbocycles. The molecule has 0 aliphatic heterocycles. The van der Waals surface area contributed by atoms with E-state index in [0.29, 0.717) is 5.22 Å². The third-order valence-electron chi connectivity index (χ3n) is 4.02. The first-order valence-electron chi connectivity index (χ1n) is 8.48. The molecule has 1 amide bonds. The first-order valence-corrected chi connectivity index (χ1v) is 9.36. The first-order chi connectivity index (χ1) is 12.1. The summed E-state index contributed by atoms with van der Waals surface area (Å²) in [6.45, 7) is 3.91. The van der Waals surface area contributed by atoms with Crippen molar-refractivity contribution < 1.29 is 9.21 Å². The highest BCUT2D eigenvalue weighted by Gasteiger charge is 2.19. The van der Waals surface area contributed by atoms with Crippen LogP contribution in [0.4, 0.5) is 0 Å². The Bertz CT molecular complexity index is 799. The fourth-order valence-corrected chi connectivity index (χ4v) is 3.33. The van der Waals surface area contributed by atoms with Gasteiger partial charge in [-0.25, -0.2) is 4.98 Å². The molecule has 0 spiro atoms. The van der Waals surface area contributed by atoms with E-state index >= 15 is 0 Å². The van der Waals surface area contributed by atoms with Gasteiger partial charge in [0, 0.05) is 6.04 Å². The number of benzene rings is 2. The molecule has 3 aromatic rings. The molecule has 2 atom stereocenters. The Kier molecular flexibility index (Phi) is 5.76. The van der Waals surface area contributed by atoms with Gasteiger partial charge in [0.1, 0.15) is 5.52 Å². The summed E-state index contributed by atoms with van der Waals surface area (Å²) in [6, 6.07) is 18.0. The Hall–Kier alpha value is -2.27. The van der Waals surface area contributed by atoms with Crippen LogP contribution in [-0.2, 0) is 11.2 Å². The number of hydrogen-bond acceptors (Lipinski definition) is 4. The standard InChI is InChI=1S/C20H22N2O2S/c1-14(12-13-16-8-4-3-5-9-16)21-19(23)15(2)25-20-22-17-10-6-7-11-18(17)24-20/h3-11,14-15H,12-13H2,1-2H3,(H,21,23)/t14-,15-/m0/s1. The minimum Gasteiger partial charge on any atom is -0.431 e. The molecule has 1 aromatic heterocycles. The van der Waals surface area contributed by atoms with Crippen molar-refractivity contribution in [3.63, 3.8) is 0 Å². The Morgan fingerprint density at radius 2 is 1.84 bits per heavy atom. The Morgan fingerprint density at radius 3 is 2.60 bits per heavy atom. The zero-order valence-electron chi connectivity index (χ0n) is 14.4. The van der Waals surface area contributed by atoms with Crippen molar-refractivity contribution in [3.8, 4) is 0 Å². The summed E-state index contributed by atoms with van der Waals surface area (Å²) in [5, 5.41) is 3.35. The predicted octanol–water partition coefficient (Wildman–Crippen LogP) is 4.45. The van der Waals surface area contributed by atoms with Crippen molar-refractivity contribution in [2.75, 3.05) is 0 Å². The van der Waals surface area contributed by atoms with Crippen LogP contribution >= 0.6 is 11.8 Å². The molecule has 130 valence electrons. The largest absolute Gasteiger partial charge is 0.431 e. The summed E-state index contributed by atoms with van der Waals surface area (Å²) >= 11 is 1.34. The highest BCUT2D eigenvalue weighted by Crippen LogP contribution is 2.26. The van der Waals surface area contributed by atoms with Crippen LogP contribution in [0.1, 0.15) is 25.8 Å². The van der Waals surface area contributed by atoms with E-state index in [1.165, 1.54) is 17.3 Å². The van der Waals surface area contributed by atoms with E-state index in [2.05, 4.69) is 22.4 Å². The van der Waals surface area contributed by atoms with Gasteiger partial charge in [-0.05, 0) is 44.4 Å². The van der Waals surface area contributed by atoms with Gasteiger partial charge < -0.3 is 9.73 Å². The fraction of sp³-hybridized carbons (Fsp3) is 0.300. The molecule has 0 fully saturated rings. The number of nitrogens with one attached hydrogen (secondary N) is 1. The zero-order valence-corrected chi connectivity index (χ0v) is 15.3. The maximum absolute atomic E-state index is 12.4. The molecule has 4 nitrogen and oxygen atoms in total. The highest BCUT2D eigenvalue weighted by molar-refractivity contribution is 8.00. The summed E-state index contributed by atoms with van der Waals surface area (Å²) in [5.41, 5.74) is 2.85. The molecule has 0 unspecified atom stereocenters. The number of aryl methyl sites for hydroxylation is 1. The van der Waals surface area contributed by atoms with Crippen LogP contribution in [-0.4, -0.2) is 22.2 Å². The van der Waals surface area contributed by atoms with E-state index in [1.807, 2.05) is 56.3 Å². The smallest absolute Gasteiger partial charge is 0.257 e. The number of para-hydroxylation sites is 2. The average molecular weight is 354 g/mol. The number of amides is 1. The van der Waals surface area contributed by atoms with Crippen LogP contribution in [0.25, 0.3) is 11.1 Å². The number of fused-ring (bicyclic) bond motifs is 1. The number of aromatic nitrogens is 1. The van der Waals surface area contributed by atoms with E-state index in [1.54, 1.807) is 0 Å². The van der Waals surface area contributed by atoms with E-state index in [4.69, 9.17) is 4.42 Å². The number of carbonyl (C=O) groups is 1. The third-order valence-corrected chi connectivity index (χ3v) is 4.96. The average Bonchev–Trinajstić information content (AvgIpc) is 3.03. The molecular formula is C20H22N2O2S. The number of carbonyl (C=O) groups excluding carboxylic acids is 1. The second-order valence-electron chi connectivity index (χ2n) is 6.14. The van der Waals surface area contributed by atoms with Crippen molar-refractivity contribution in [1.29, 1.82) is 0 Å². The highest BCUT2D eigenvalue weighted by atomic mass is 32.2. The van der Waals surface area contributed by atoms with Gasteiger partial charge in [0.25, 0.3) is 5.22 Å². The number of rotatable bonds is 7. The van der Waals surface area contributed by atoms with Crippen molar-refractivity contribution >= 4 is 28.8 Å². The van der Waals surface area contributed by atoms with Crippen molar-refractivity contribution in [2.24, 2.45) is 0 Å². The summed E-state index contributed by atoms with van der Waals surface area (Å²) in [7, 11) is 0. The van der Waals surface area contributed by atoms with Crippen LogP contribution in [0.2, 0.25) is 0 Å². The molecule has 0 radical (unpaired) electrons. The SMILES string of the molecule is C[C@H](Sc1nc2ccccc2o1)C(=O)N[C@@H](C)CCc1ccccc1. The lowest BCUT2D eigenvalue weighted by Gasteiger charge is -2.16. The zero-order chi connectivity index (χ0) is 17.6. The van der Waals surface area contributed by atoms with Crippen LogP contribution in [0.5, 0.6) is 0 Å². The van der Waals surface area contributed by atoms with E-state index in [0.717, 1.165) is 23.9 Å². The topological polar surface area (TPSA) is 55.1 Å². The molecule has 25 heavy (non-hydrogen) atoms. The number of thioether (sulfide) groups is 1. The van der Waals surface area contributed by atoms with Crippen molar-refractivity contribution in [3.05, 3.63) is 60.2 Å². The van der Waals surface area contributed by atoms with E-state index in [-0.39, 0.29) is 17.2 Å². The normalized spacial score (nSPS) is 13.5. The molecule has 0 bridgehead atoms. The predicted molar refractivity (Wildman–Crippen MR) is 102 cm³/mol. The van der Waals surface area contributed by atoms with E-state index < -0.39 is 0 Å². The molecule has 0 saturated heterocycles. The Labute approximate surface area is 152 Å². The van der Waals surface area contributed by atoms with Gasteiger partial charge in [-0.15, -0.1) is 0 Å². The summed E-state index contributed by atoms with van der Waals surface area (Å²) in [6.07, 6.45) is 1.87. The van der Waals surface area contributed by atoms with Crippen LogP contribution in [0.3, 0.4) is 0 Å². The lowest BCUT2D eigenvalue weighted by Crippen LogP contribution is -2.37. The number of hydrogen-bond donors (Lipinski definition) is 1. The second-order valence-corrected chi connectivity index (χ2v) is 7.43. The van der Waals surface area contributed by atoms with Gasteiger partial charge in [0.05, 0.1) is 5.25 Å². The second kappa shape index (κ2) is 8.21. The van der Waals surface area contributed by atoms with Crippen molar-refractivity contribution in [2.45, 2.75) is 43.2 Å². The van der Waals surface area contributed by atoms with Crippen molar-refractivity contribution in [1.82, 2.24) is 10.3 Å². The Morgan fingerprint density at radius 1 is 1.12 bits per heavy atom. The molecule has 1 N–H and O–H groups in total. The number of nitrogens with zero attached hydrogens (tertiary/aromatic N) is 1. The van der Waals surface area contributed by atoms with Gasteiger partial charge in [-0.3, -0.25) is 4.79 Å². The van der Waals surface area contributed by atoms with Crippen LogP contribution < -0.4 is 5.32 Å².